The quantitative estimate of drug-likeness (QED) is 0.0673. The molecule has 0 atom stereocenters. The van der Waals surface area contributed by atoms with Gasteiger partial charge in [0.15, 0.2) is 23.1 Å². The zero-order chi connectivity index (χ0) is 71.3. The van der Waals surface area contributed by atoms with Crippen LogP contribution in [0.1, 0.15) is 186 Å². The number of aliphatic carboxylic acids is 2. The van der Waals surface area contributed by atoms with E-state index in [1.54, 1.807) is 72.1 Å². The number of ketones is 4. The van der Waals surface area contributed by atoms with E-state index >= 15 is 0 Å². The van der Waals surface area contributed by atoms with E-state index in [1.807, 2.05) is 218 Å². The number of thioether (sulfide) groups is 2. The Balaban J connectivity index is -0.000000523. The lowest BCUT2D eigenvalue weighted by atomic mass is 9.82. The highest BCUT2D eigenvalue weighted by Crippen LogP contribution is 2.40. The van der Waals surface area contributed by atoms with Crippen molar-refractivity contribution in [1.82, 2.24) is 0 Å². The number of hydrogen-bond acceptors (Lipinski definition) is 14. The normalized spacial score (nSPS) is 9.93. The van der Waals surface area contributed by atoms with Crippen molar-refractivity contribution in [2.75, 3.05) is 12.5 Å². The summed E-state index contributed by atoms with van der Waals surface area (Å²) >= 11 is 6.57. The van der Waals surface area contributed by atoms with E-state index in [9.17, 15) is 19.2 Å². The molecule has 6 N–H and O–H groups in total. The SMILES string of the molecule is CC.CC.CC.CC.CC.CC.CC(=O)O.CC(=O)O.CC(O)O.CC(O)O.CSc1ccccc1.CSc1ccccc1.Cc1ccc(Sc2ccccc2)c2c1C(=O)c1ccccc1C2=O.Cc1ccc(Sc2ccccc2)c2c1C(=O)c1ccccc1C2=O. The molecule has 2 aliphatic carbocycles. The van der Waals surface area contributed by atoms with E-state index in [0.717, 1.165) is 44.6 Å². The molecule has 0 unspecified atom stereocenters. The maximum absolute atomic E-state index is 13.1. The van der Waals surface area contributed by atoms with Crippen molar-refractivity contribution >= 4 is 82.1 Å². The molecule has 2 aliphatic rings. The second-order valence-electron chi connectivity index (χ2n) is 16.8. The number of hydrogen-bond donors (Lipinski definition) is 6. The summed E-state index contributed by atoms with van der Waals surface area (Å²) in [5, 5.41) is 45.3. The lowest BCUT2D eigenvalue weighted by Gasteiger charge is -2.21. The Labute approximate surface area is 566 Å². The summed E-state index contributed by atoms with van der Waals surface area (Å²) in [4.78, 5) is 76.3. The first kappa shape index (κ1) is 91.0. The van der Waals surface area contributed by atoms with E-state index in [-0.39, 0.29) is 23.1 Å². The van der Waals surface area contributed by atoms with Gasteiger partial charge in [-0.15, -0.1) is 23.5 Å². The highest BCUT2D eigenvalue weighted by Gasteiger charge is 2.34. The summed E-state index contributed by atoms with van der Waals surface area (Å²) in [6.45, 7) is 32.5. The largest absolute Gasteiger partial charge is 0.481 e. The van der Waals surface area contributed by atoms with Gasteiger partial charge in [0.25, 0.3) is 11.9 Å². The minimum Gasteiger partial charge on any atom is -0.481 e. The van der Waals surface area contributed by atoms with Gasteiger partial charge >= 0.3 is 0 Å². The first-order chi connectivity index (χ1) is 44.1. The van der Waals surface area contributed by atoms with Crippen LogP contribution in [-0.4, -0.2) is 90.8 Å². The van der Waals surface area contributed by atoms with Crippen LogP contribution < -0.4 is 0 Å². The maximum Gasteiger partial charge on any atom is 0.300 e. The molecule has 0 aliphatic heterocycles. The van der Waals surface area contributed by atoms with Gasteiger partial charge in [-0.2, -0.15) is 0 Å². The Hall–Kier alpha value is -7.38. The molecule has 0 heterocycles. The maximum atomic E-state index is 13.1. The Morgan fingerprint density at radius 1 is 0.315 bits per heavy atom. The molecular weight excluding hydrogens is 1230 g/mol. The van der Waals surface area contributed by atoms with E-state index in [4.69, 9.17) is 40.2 Å². The van der Waals surface area contributed by atoms with Crippen LogP contribution in [0.5, 0.6) is 0 Å². The Kier molecular flexibility index (Phi) is 55.8. The van der Waals surface area contributed by atoms with Crippen LogP contribution in [0, 0.1) is 13.8 Å². The molecule has 0 amide bonds. The fourth-order valence-electron chi connectivity index (χ4n) is 7.22. The highest BCUT2D eigenvalue weighted by atomic mass is 32.2. The number of carbonyl (C=O) groups excluding carboxylic acids is 4. The second-order valence-corrected chi connectivity index (χ2v) is 20.8. The molecule has 8 aromatic carbocycles. The number of aliphatic hydroxyl groups is 4. The molecule has 0 radical (unpaired) electrons. The molecule has 0 fully saturated rings. The van der Waals surface area contributed by atoms with Crippen molar-refractivity contribution in [2.24, 2.45) is 0 Å². The lowest BCUT2D eigenvalue weighted by Crippen LogP contribution is -2.22. The fraction of sp³-hybridized carbons (Fsp3) is 0.289. The van der Waals surface area contributed by atoms with E-state index in [1.165, 1.54) is 47.2 Å². The zero-order valence-corrected chi connectivity index (χ0v) is 60.7. The Bertz CT molecular complexity index is 3050. The minimum absolute atomic E-state index is 0.0618. The molecule has 0 spiro atoms. The molecule has 16 heteroatoms. The lowest BCUT2D eigenvalue weighted by molar-refractivity contribution is -0.135. The summed E-state index contributed by atoms with van der Waals surface area (Å²) in [6, 6.07) is 62.3. The Morgan fingerprint density at radius 3 is 0.674 bits per heavy atom. The summed E-state index contributed by atoms with van der Waals surface area (Å²) < 4.78 is 0. The van der Waals surface area contributed by atoms with Crippen LogP contribution in [0.25, 0.3) is 0 Å². The molecule has 500 valence electrons. The van der Waals surface area contributed by atoms with Gasteiger partial charge in [-0.25, -0.2) is 0 Å². The monoisotopic (exact) mass is 1330 g/mol. The van der Waals surface area contributed by atoms with Gasteiger partial charge in [0.05, 0.1) is 0 Å². The second kappa shape index (κ2) is 56.4. The smallest absolute Gasteiger partial charge is 0.300 e. The third-order valence-corrected chi connectivity index (χ3v) is 14.0. The van der Waals surface area contributed by atoms with E-state index in [0.29, 0.717) is 44.5 Å². The third kappa shape index (κ3) is 35.4. The van der Waals surface area contributed by atoms with Crippen LogP contribution in [0.15, 0.2) is 223 Å². The van der Waals surface area contributed by atoms with Crippen molar-refractivity contribution in [3.8, 4) is 0 Å². The zero-order valence-electron chi connectivity index (χ0n) is 57.4. The van der Waals surface area contributed by atoms with Gasteiger partial charge in [-0.05, 0) is 112 Å². The van der Waals surface area contributed by atoms with E-state index < -0.39 is 24.5 Å². The number of fused-ring (bicyclic) bond motifs is 4. The average Bonchev–Trinajstić information content (AvgIpc) is 0.758. The van der Waals surface area contributed by atoms with Gasteiger partial charge in [-0.1, -0.05) is 240 Å². The van der Waals surface area contributed by atoms with Gasteiger partial charge in [0.2, 0.25) is 0 Å². The summed E-state index contributed by atoms with van der Waals surface area (Å²) in [5.41, 5.74) is 5.83. The predicted octanol–water partition coefficient (Wildman–Crippen LogP) is 19.6. The number of rotatable bonds is 6. The number of carboxylic acids is 2. The van der Waals surface area contributed by atoms with Gasteiger partial charge in [0.1, 0.15) is 12.6 Å². The van der Waals surface area contributed by atoms with Gasteiger partial charge in [0, 0.05) is 87.7 Å². The highest BCUT2D eigenvalue weighted by molar-refractivity contribution is 8.00. The third-order valence-electron chi connectivity index (χ3n) is 10.4. The van der Waals surface area contributed by atoms with E-state index in [2.05, 4.69) is 36.8 Å². The van der Waals surface area contributed by atoms with Gasteiger partial charge in [-0.3, -0.25) is 28.8 Å². The summed E-state index contributed by atoms with van der Waals surface area (Å²) in [6.07, 6.45) is 1.82. The van der Waals surface area contributed by atoms with Crippen molar-refractivity contribution in [1.29, 1.82) is 0 Å². The number of carboxylic acid groups (broad SMARTS) is 2. The van der Waals surface area contributed by atoms with Crippen molar-refractivity contribution in [3.63, 3.8) is 0 Å². The van der Waals surface area contributed by atoms with Gasteiger partial charge < -0.3 is 30.6 Å². The average molecular weight is 1330 g/mol. The van der Waals surface area contributed by atoms with Crippen molar-refractivity contribution in [3.05, 3.63) is 250 Å². The Morgan fingerprint density at radius 2 is 0.489 bits per heavy atom. The first-order valence-electron chi connectivity index (χ1n) is 30.5. The molecule has 0 bridgehead atoms. The van der Waals surface area contributed by atoms with Crippen molar-refractivity contribution in [2.45, 2.75) is 167 Å². The number of carbonyl (C=O) groups is 6. The molecule has 12 nitrogen and oxygen atoms in total. The van der Waals surface area contributed by atoms with Crippen LogP contribution in [-0.2, 0) is 9.59 Å². The van der Waals surface area contributed by atoms with Crippen LogP contribution in [0.4, 0.5) is 0 Å². The van der Waals surface area contributed by atoms with Crippen LogP contribution in [0.2, 0.25) is 0 Å². The molecule has 92 heavy (non-hydrogen) atoms. The summed E-state index contributed by atoms with van der Waals surface area (Å²) in [7, 11) is 0. The first-order valence-corrected chi connectivity index (χ1v) is 34.6. The topological polar surface area (TPSA) is 224 Å². The molecule has 8 aromatic rings. The number of benzene rings is 8. The standard InChI is InChI=1S/2C21H14O2S.2C7H8S.2C2H6O2.2C2H4O2.6C2H6/c2*1-13-11-12-17(24-14-7-3-2-4-8-14)19-18(13)20(22)15-9-5-6-10-16(15)21(19)23;2*1-8-7-5-3-2-4-6-7;4*1-2(3)4;6*1-2/h2*2-12H,1H3;2*2-6H,1H3;2*2-4H,1H3;2*1H3,(H,3,4);6*1-2H3. The molecular formula is C76H100O12S4. The number of aliphatic hydroxyl groups excluding tert-OH is 2. The summed E-state index contributed by atoms with van der Waals surface area (Å²) in [5.74, 6) is -1.92. The molecule has 0 aromatic heterocycles. The van der Waals surface area contributed by atoms with Crippen LogP contribution >= 0.6 is 47.0 Å². The minimum atomic E-state index is -1.17. The number of aryl methyl sites for hydroxylation is 2. The van der Waals surface area contributed by atoms with Crippen LogP contribution in [0.3, 0.4) is 0 Å². The molecule has 0 saturated carbocycles. The fourth-order valence-corrected chi connectivity index (χ4v) is 10.0. The predicted molar refractivity (Wildman–Crippen MR) is 389 cm³/mol. The molecule has 10 rings (SSSR count). The molecule has 0 saturated heterocycles. The van der Waals surface area contributed by atoms with Crippen molar-refractivity contribution < 1.29 is 59.4 Å².